The van der Waals surface area contributed by atoms with Gasteiger partial charge in [-0.15, -0.1) is 0 Å². The van der Waals surface area contributed by atoms with Crippen molar-refractivity contribution < 1.29 is 27.9 Å². The Bertz CT molecular complexity index is 309. The van der Waals surface area contributed by atoms with Crippen LogP contribution < -0.4 is 0 Å². The highest BCUT2D eigenvalue weighted by Crippen LogP contribution is 2.24. The average molecular weight is 267 g/mol. The number of carboxylic acid groups (broad SMARTS) is 1. The van der Waals surface area contributed by atoms with Crippen LogP contribution in [0.15, 0.2) is 0 Å². The molecule has 1 aliphatic heterocycles. The van der Waals surface area contributed by atoms with E-state index in [0.717, 1.165) is 0 Å². The zero-order valence-electron chi connectivity index (χ0n) is 9.87. The second kappa shape index (κ2) is 6.06. The number of hydrogen-bond donors (Lipinski definition) is 1. The second-order valence-electron chi connectivity index (χ2n) is 4.54. The summed E-state index contributed by atoms with van der Waals surface area (Å²) in [5.74, 6) is -1.35. The van der Waals surface area contributed by atoms with Crippen LogP contribution in [0, 0.1) is 5.92 Å². The molecule has 0 aromatic heterocycles. The fraction of sp³-hybridized carbons (Fsp3) is 0.818. The van der Waals surface area contributed by atoms with Crippen molar-refractivity contribution in [3.63, 3.8) is 0 Å². The molecule has 7 heteroatoms. The molecule has 1 rings (SSSR count). The molecule has 0 saturated carbocycles. The molecule has 4 nitrogen and oxygen atoms in total. The van der Waals surface area contributed by atoms with Crippen molar-refractivity contribution in [2.75, 3.05) is 13.1 Å². The van der Waals surface area contributed by atoms with E-state index in [1.165, 1.54) is 4.90 Å². The van der Waals surface area contributed by atoms with Crippen LogP contribution in [0.2, 0.25) is 0 Å². The smallest absolute Gasteiger partial charge is 0.389 e. The summed E-state index contributed by atoms with van der Waals surface area (Å²) in [7, 11) is 0. The molecule has 0 atom stereocenters. The van der Waals surface area contributed by atoms with E-state index in [4.69, 9.17) is 5.11 Å². The van der Waals surface area contributed by atoms with Gasteiger partial charge in [0.05, 0.1) is 6.42 Å². The lowest BCUT2D eigenvalue weighted by Gasteiger charge is -2.31. The number of amides is 1. The van der Waals surface area contributed by atoms with Gasteiger partial charge in [0.2, 0.25) is 5.91 Å². The summed E-state index contributed by atoms with van der Waals surface area (Å²) in [6, 6.07) is 0. The van der Waals surface area contributed by atoms with Crippen LogP contribution in [-0.2, 0) is 9.59 Å². The molecule has 104 valence electrons. The van der Waals surface area contributed by atoms with Crippen molar-refractivity contribution in [1.29, 1.82) is 0 Å². The van der Waals surface area contributed by atoms with Gasteiger partial charge >= 0.3 is 12.1 Å². The van der Waals surface area contributed by atoms with Gasteiger partial charge in [-0.05, 0) is 18.8 Å². The summed E-state index contributed by atoms with van der Waals surface area (Å²) in [5.41, 5.74) is 0. The van der Waals surface area contributed by atoms with Crippen molar-refractivity contribution in [3.8, 4) is 0 Å². The third-order valence-electron chi connectivity index (χ3n) is 3.05. The molecular formula is C11H16F3NO3. The Morgan fingerprint density at radius 3 is 2.22 bits per heavy atom. The number of carbonyl (C=O) groups excluding carboxylic acids is 1. The maximum atomic E-state index is 12.0. The predicted octanol–water partition coefficient (Wildman–Crippen LogP) is 2.04. The van der Waals surface area contributed by atoms with E-state index >= 15 is 0 Å². The zero-order chi connectivity index (χ0) is 13.8. The molecule has 0 spiro atoms. The predicted molar refractivity (Wildman–Crippen MR) is 56.8 cm³/mol. The average Bonchev–Trinajstić information content (AvgIpc) is 2.25. The van der Waals surface area contributed by atoms with E-state index in [2.05, 4.69) is 0 Å². The van der Waals surface area contributed by atoms with Crippen LogP contribution in [0.3, 0.4) is 0 Å². The van der Waals surface area contributed by atoms with Crippen LogP contribution in [0.1, 0.15) is 32.1 Å². The third-order valence-corrected chi connectivity index (χ3v) is 3.05. The highest BCUT2D eigenvalue weighted by molar-refractivity contribution is 5.76. The first-order valence-electron chi connectivity index (χ1n) is 5.84. The number of likely N-dealkylation sites (tertiary alicyclic amines) is 1. The lowest BCUT2D eigenvalue weighted by atomic mass is 9.93. The Hall–Kier alpha value is -1.27. The number of nitrogens with zero attached hydrogens (tertiary/aromatic N) is 1. The summed E-state index contributed by atoms with van der Waals surface area (Å²) < 4.78 is 35.9. The van der Waals surface area contributed by atoms with Crippen molar-refractivity contribution in [3.05, 3.63) is 0 Å². The minimum Gasteiger partial charge on any atom is -0.481 e. The molecule has 18 heavy (non-hydrogen) atoms. The molecule has 0 unspecified atom stereocenters. The van der Waals surface area contributed by atoms with Gasteiger partial charge in [0.25, 0.3) is 0 Å². The Kier molecular flexibility index (Phi) is 4.98. The molecule has 1 N–H and O–H groups in total. The van der Waals surface area contributed by atoms with E-state index < -0.39 is 30.9 Å². The Morgan fingerprint density at radius 1 is 1.22 bits per heavy atom. The molecule has 1 fully saturated rings. The number of aliphatic carboxylic acids is 1. The molecule has 0 aliphatic carbocycles. The van der Waals surface area contributed by atoms with Gasteiger partial charge in [-0.25, -0.2) is 0 Å². The number of carboxylic acids is 1. The van der Waals surface area contributed by atoms with E-state index in [9.17, 15) is 22.8 Å². The van der Waals surface area contributed by atoms with Crippen LogP contribution in [-0.4, -0.2) is 41.1 Å². The topological polar surface area (TPSA) is 57.6 Å². The van der Waals surface area contributed by atoms with E-state index in [0.29, 0.717) is 25.9 Å². The molecule has 1 amide bonds. The van der Waals surface area contributed by atoms with Crippen LogP contribution in [0.25, 0.3) is 0 Å². The lowest BCUT2D eigenvalue weighted by molar-refractivity contribution is -0.150. The van der Waals surface area contributed by atoms with Gasteiger partial charge < -0.3 is 10.0 Å². The first kappa shape index (κ1) is 14.8. The number of carbonyl (C=O) groups is 2. The Morgan fingerprint density at radius 2 is 1.78 bits per heavy atom. The van der Waals surface area contributed by atoms with Crippen molar-refractivity contribution in [2.45, 2.75) is 38.3 Å². The molecule has 0 aromatic rings. The number of rotatable bonds is 4. The van der Waals surface area contributed by atoms with Crippen molar-refractivity contribution >= 4 is 11.9 Å². The molecule has 1 saturated heterocycles. The second-order valence-corrected chi connectivity index (χ2v) is 4.54. The van der Waals surface area contributed by atoms with Gasteiger partial charge in [0, 0.05) is 25.9 Å². The van der Waals surface area contributed by atoms with Crippen molar-refractivity contribution in [2.24, 2.45) is 5.92 Å². The summed E-state index contributed by atoms with van der Waals surface area (Å²) in [6.45, 7) is 0.712. The maximum Gasteiger partial charge on any atom is 0.389 e. The number of alkyl halides is 3. The minimum absolute atomic E-state index is 0.0224. The van der Waals surface area contributed by atoms with Crippen LogP contribution in [0.5, 0.6) is 0 Å². The quantitative estimate of drug-likeness (QED) is 0.848. The molecule has 0 bridgehead atoms. The first-order valence-corrected chi connectivity index (χ1v) is 5.84. The molecular weight excluding hydrogens is 251 g/mol. The van der Waals surface area contributed by atoms with E-state index in [-0.39, 0.29) is 12.3 Å². The fourth-order valence-electron chi connectivity index (χ4n) is 2.04. The van der Waals surface area contributed by atoms with Crippen LogP contribution in [0.4, 0.5) is 13.2 Å². The monoisotopic (exact) mass is 267 g/mol. The van der Waals surface area contributed by atoms with Gasteiger partial charge in [0.1, 0.15) is 0 Å². The van der Waals surface area contributed by atoms with Gasteiger partial charge in [-0.1, -0.05) is 0 Å². The van der Waals surface area contributed by atoms with Crippen LogP contribution >= 0.6 is 0 Å². The fourth-order valence-corrected chi connectivity index (χ4v) is 2.04. The largest absolute Gasteiger partial charge is 0.481 e. The summed E-state index contributed by atoms with van der Waals surface area (Å²) in [6.07, 6.45) is -4.77. The van der Waals surface area contributed by atoms with Gasteiger partial charge in [0.15, 0.2) is 0 Å². The summed E-state index contributed by atoms with van der Waals surface area (Å²) in [5, 5.41) is 8.61. The normalized spacial score (nSPS) is 17.8. The summed E-state index contributed by atoms with van der Waals surface area (Å²) >= 11 is 0. The zero-order valence-corrected chi connectivity index (χ0v) is 9.87. The number of hydrogen-bond acceptors (Lipinski definition) is 2. The number of halogens is 3. The van der Waals surface area contributed by atoms with Gasteiger partial charge in [-0.2, -0.15) is 13.2 Å². The highest BCUT2D eigenvalue weighted by atomic mass is 19.4. The summed E-state index contributed by atoms with van der Waals surface area (Å²) in [4.78, 5) is 23.4. The molecule has 0 radical (unpaired) electrons. The van der Waals surface area contributed by atoms with E-state index in [1.54, 1.807) is 0 Å². The first-order chi connectivity index (χ1) is 8.28. The van der Waals surface area contributed by atoms with Gasteiger partial charge in [-0.3, -0.25) is 9.59 Å². The third kappa shape index (κ3) is 5.37. The Balaban J connectivity index is 2.29. The highest BCUT2D eigenvalue weighted by Gasteiger charge is 2.30. The molecule has 1 heterocycles. The minimum atomic E-state index is -4.31. The maximum absolute atomic E-state index is 12.0. The Labute approximate surface area is 103 Å². The van der Waals surface area contributed by atoms with E-state index in [1.807, 2.05) is 0 Å². The SMILES string of the molecule is O=C(O)CC1CCN(C(=O)CCC(F)(F)F)CC1. The lowest BCUT2D eigenvalue weighted by Crippen LogP contribution is -2.39. The standard InChI is InChI=1S/C11H16F3NO3/c12-11(13,14)4-1-9(16)15-5-2-8(3-6-15)7-10(17)18/h8H,1-7H2,(H,17,18). The molecule has 0 aromatic carbocycles. The molecule has 1 aliphatic rings. The number of piperidine rings is 1. The van der Waals surface area contributed by atoms with Crippen molar-refractivity contribution in [1.82, 2.24) is 4.90 Å².